The fraction of sp³-hybridized carbons (Fsp3) is 0.857. The number of nitrogens with zero attached hydrogens (tertiary/aromatic N) is 2. The number of hydrogen-bond acceptors (Lipinski definition) is 3. The number of thiocarbonyl (C=S) groups is 1. The fourth-order valence-corrected chi connectivity index (χ4v) is 3.39. The van der Waals surface area contributed by atoms with E-state index in [1.807, 2.05) is 25.8 Å². The molecule has 1 fully saturated rings. The molecule has 0 aromatic rings. The highest BCUT2D eigenvalue weighted by atomic mass is 32.1. The molecule has 2 N–H and O–H groups in total. The van der Waals surface area contributed by atoms with Gasteiger partial charge in [-0.05, 0) is 38.8 Å². The number of rotatable bonds is 6. The molecule has 0 aliphatic carbocycles. The number of amides is 1. The van der Waals surface area contributed by atoms with Crippen LogP contribution in [0.2, 0.25) is 0 Å². The van der Waals surface area contributed by atoms with Crippen LogP contribution in [-0.4, -0.2) is 54.4 Å². The highest BCUT2D eigenvalue weighted by molar-refractivity contribution is 7.80. The van der Waals surface area contributed by atoms with Gasteiger partial charge in [0.05, 0.1) is 10.4 Å². The quantitative estimate of drug-likeness (QED) is 0.751. The van der Waals surface area contributed by atoms with E-state index >= 15 is 0 Å². The van der Waals surface area contributed by atoms with Crippen molar-refractivity contribution in [2.24, 2.45) is 17.1 Å². The smallest absolute Gasteiger partial charge is 0.235 e. The molecule has 19 heavy (non-hydrogen) atoms. The number of carbonyl (C=O) groups excluding carboxylic acids is 1. The molecule has 0 spiro atoms. The van der Waals surface area contributed by atoms with Crippen LogP contribution in [0.1, 0.15) is 33.1 Å². The zero-order chi connectivity index (χ0) is 14.6. The summed E-state index contributed by atoms with van der Waals surface area (Å²) >= 11 is 5.15. The van der Waals surface area contributed by atoms with Crippen molar-refractivity contribution in [1.29, 1.82) is 0 Å². The summed E-state index contributed by atoms with van der Waals surface area (Å²) < 4.78 is 0. The van der Waals surface area contributed by atoms with E-state index in [1.165, 1.54) is 0 Å². The Balaban J connectivity index is 2.71. The molecule has 1 aliphatic rings. The van der Waals surface area contributed by atoms with E-state index in [1.54, 1.807) is 0 Å². The Labute approximate surface area is 122 Å². The normalized spacial score (nSPS) is 20.5. The van der Waals surface area contributed by atoms with Crippen LogP contribution in [0.5, 0.6) is 0 Å². The van der Waals surface area contributed by atoms with Gasteiger partial charge in [0.15, 0.2) is 0 Å². The summed E-state index contributed by atoms with van der Waals surface area (Å²) in [7, 11) is 4.00. The van der Waals surface area contributed by atoms with Gasteiger partial charge in [-0.25, -0.2) is 0 Å². The van der Waals surface area contributed by atoms with Crippen LogP contribution in [0.3, 0.4) is 0 Å². The summed E-state index contributed by atoms with van der Waals surface area (Å²) in [5.41, 5.74) is 5.18. The predicted octanol–water partition coefficient (Wildman–Crippen LogP) is 1.49. The summed E-state index contributed by atoms with van der Waals surface area (Å²) in [4.78, 5) is 17.2. The monoisotopic (exact) mass is 285 g/mol. The molecule has 4 nitrogen and oxygen atoms in total. The van der Waals surface area contributed by atoms with Crippen LogP contribution in [-0.2, 0) is 4.79 Å². The second-order valence-electron chi connectivity index (χ2n) is 5.76. The largest absolute Gasteiger partial charge is 0.392 e. The Morgan fingerprint density at radius 3 is 2.42 bits per heavy atom. The Morgan fingerprint density at radius 2 is 2.05 bits per heavy atom. The van der Waals surface area contributed by atoms with Crippen LogP contribution in [0.4, 0.5) is 0 Å². The van der Waals surface area contributed by atoms with Crippen molar-refractivity contribution in [3.63, 3.8) is 0 Å². The molecule has 1 rings (SSSR count). The highest BCUT2D eigenvalue weighted by Crippen LogP contribution is 2.30. The van der Waals surface area contributed by atoms with Gasteiger partial charge in [0.2, 0.25) is 5.91 Å². The van der Waals surface area contributed by atoms with E-state index in [0.717, 1.165) is 26.1 Å². The number of likely N-dealkylation sites (tertiary alicyclic amines) is 1. The first-order chi connectivity index (χ1) is 8.87. The van der Waals surface area contributed by atoms with E-state index in [2.05, 4.69) is 11.9 Å². The first-order valence-electron chi connectivity index (χ1n) is 7.11. The third kappa shape index (κ3) is 3.45. The van der Waals surface area contributed by atoms with Crippen molar-refractivity contribution >= 4 is 23.1 Å². The lowest BCUT2D eigenvalue weighted by Crippen LogP contribution is -2.50. The molecule has 1 aliphatic heterocycles. The van der Waals surface area contributed by atoms with Crippen molar-refractivity contribution in [2.45, 2.75) is 33.1 Å². The molecule has 1 heterocycles. The Kier molecular flexibility index (Phi) is 5.74. The van der Waals surface area contributed by atoms with Crippen LogP contribution in [0.15, 0.2) is 0 Å². The molecule has 0 aromatic carbocycles. The van der Waals surface area contributed by atoms with E-state index in [-0.39, 0.29) is 5.91 Å². The van der Waals surface area contributed by atoms with Crippen LogP contribution in [0, 0.1) is 11.3 Å². The number of carbonyl (C=O) groups is 1. The third-order valence-electron chi connectivity index (χ3n) is 4.46. The second-order valence-corrected chi connectivity index (χ2v) is 6.20. The minimum absolute atomic E-state index is 0.0829. The molecular formula is C14H27N3OS. The SMILES string of the molecule is CCC(CC)(C(=O)N(C)CC1CCN(C)C1)C(N)=S. The molecule has 110 valence electrons. The molecule has 0 aromatic heterocycles. The molecule has 0 bridgehead atoms. The van der Waals surface area contributed by atoms with Crippen molar-refractivity contribution < 1.29 is 4.79 Å². The lowest BCUT2D eigenvalue weighted by Gasteiger charge is -2.34. The summed E-state index contributed by atoms with van der Waals surface area (Å²) in [6.07, 6.45) is 2.51. The Morgan fingerprint density at radius 1 is 1.47 bits per heavy atom. The molecular weight excluding hydrogens is 258 g/mol. The Hall–Kier alpha value is -0.680. The maximum atomic E-state index is 12.7. The van der Waals surface area contributed by atoms with E-state index in [9.17, 15) is 4.79 Å². The van der Waals surface area contributed by atoms with Gasteiger partial charge in [-0.2, -0.15) is 0 Å². The molecule has 0 saturated carbocycles. The molecule has 5 heteroatoms. The van der Waals surface area contributed by atoms with Gasteiger partial charge < -0.3 is 15.5 Å². The van der Waals surface area contributed by atoms with E-state index < -0.39 is 5.41 Å². The van der Waals surface area contributed by atoms with Crippen LogP contribution >= 0.6 is 12.2 Å². The maximum Gasteiger partial charge on any atom is 0.235 e. The lowest BCUT2D eigenvalue weighted by atomic mass is 9.80. The van der Waals surface area contributed by atoms with Gasteiger partial charge in [-0.1, -0.05) is 26.1 Å². The van der Waals surface area contributed by atoms with Gasteiger partial charge >= 0.3 is 0 Å². The Bertz CT molecular complexity index is 342. The number of nitrogens with two attached hydrogens (primary N) is 1. The molecule has 1 atom stereocenters. The minimum Gasteiger partial charge on any atom is -0.392 e. The zero-order valence-electron chi connectivity index (χ0n) is 12.6. The van der Waals surface area contributed by atoms with Crippen molar-refractivity contribution in [3.05, 3.63) is 0 Å². The van der Waals surface area contributed by atoms with Gasteiger partial charge in [0.25, 0.3) is 0 Å². The van der Waals surface area contributed by atoms with Gasteiger partial charge in [0, 0.05) is 20.1 Å². The topological polar surface area (TPSA) is 49.6 Å². The third-order valence-corrected chi connectivity index (χ3v) is 4.85. The van der Waals surface area contributed by atoms with E-state index in [4.69, 9.17) is 18.0 Å². The van der Waals surface area contributed by atoms with Gasteiger partial charge in [-0.3, -0.25) is 4.79 Å². The van der Waals surface area contributed by atoms with Crippen molar-refractivity contribution in [3.8, 4) is 0 Å². The van der Waals surface area contributed by atoms with Crippen molar-refractivity contribution in [2.75, 3.05) is 33.7 Å². The van der Waals surface area contributed by atoms with Gasteiger partial charge in [0.1, 0.15) is 0 Å². The molecule has 1 saturated heterocycles. The fourth-order valence-electron chi connectivity index (χ4n) is 3.02. The second kappa shape index (κ2) is 6.66. The maximum absolute atomic E-state index is 12.7. The first kappa shape index (κ1) is 16.4. The van der Waals surface area contributed by atoms with Crippen molar-refractivity contribution in [1.82, 2.24) is 9.80 Å². The summed E-state index contributed by atoms with van der Waals surface area (Å²) in [6, 6.07) is 0. The molecule has 1 unspecified atom stereocenters. The summed E-state index contributed by atoms with van der Waals surface area (Å²) in [5.74, 6) is 0.649. The first-order valence-corrected chi connectivity index (χ1v) is 7.52. The van der Waals surface area contributed by atoms with Crippen LogP contribution in [0.25, 0.3) is 0 Å². The molecule has 0 radical (unpaired) electrons. The predicted molar refractivity (Wildman–Crippen MR) is 83.0 cm³/mol. The summed E-state index contributed by atoms with van der Waals surface area (Å²) in [5, 5.41) is 0. The number of hydrogen-bond donors (Lipinski definition) is 1. The molecule has 1 amide bonds. The minimum atomic E-state index is -0.658. The van der Waals surface area contributed by atoms with Gasteiger partial charge in [-0.15, -0.1) is 0 Å². The zero-order valence-corrected chi connectivity index (χ0v) is 13.4. The average molecular weight is 285 g/mol. The standard InChI is InChI=1S/C14H27N3OS/c1-5-14(6-2,12(15)19)13(18)17(4)10-11-7-8-16(3)9-11/h11H,5-10H2,1-4H3,(H2,15,19). The average Bonchev–Trinajstić information content (AvgIpc) is 2.76. The van der Waals surface area contributed by atoms with Crippen LogP contribution < -0.4 is 5.73 Å². The lowest BCUT2D eigenvalue weighted by molar-refractivity contribution is -0.137. The highest BCUT2D eigenvalue weighted by Gasteiger charge is 2.40. The summed E-state index contributed by atoms with van der Waals surface area (Å²) in [6.45, 7) is 6.95. The van der Waals surface area contributed by atoms with E-state index in [0.29, 0.717) is 23.7 Å².